The van der Waals surface area contributed by atoms with E-state index in [9.17, 15) is 4.79 Å². The van der Waals surface area contributed by atoms with Crippen molar-refractivity contribution >= 4 is 34.3 Å². The zero-order valence-electron chi connectivity index (χ0n) is 12.7. The maximum atomic E-state index is 12.2. The predicted molar refractivity (Wildman–Crippen MR) is 94.1 cm³/mol. The van der Waals surface area contributed by atoms with Crippen molar-refractivity contribution in [1.82, 2.24) is 4.98 Å². The number of hydrogen-bond donors (Lipinski definition) is 1. The van der Waals surface area contributed by atoms with Gasteiger partial charge in [0.1, 0.15) is 5.75 Å². The van der Waals surface area contributed by atoms with Crippen molar-refractivity contribution in [3.05, 3.63) is 60.8 Å². The van der Waals surface area contributed by atoms with Crippen molar-refractivity contribution in [2.24, 2.45) is 0 Å². The molecular formula is C18H16N2O2S. The number of amides is 1. The van der Waals surface area contributed by atoms with Crippen molar-refractivity contribution < 1.29 is 9.53 Å². The Morgan fingerprint density at radius 3 is 2.70 bits per heavy atom. The summed E-state index contributed by atoms with van der Waals surface area (Å²) in [5.74, 6) is 1.10. The topological polar surface area (TPSA) is 51.2 Å². The number of carbonyl (C=O) groups is 1. The third kappa shape index (κ3) is 3.81. The summed E-state index contributed by atoms with van der Waals surface area (Å²) in [5.41, 5.74) is 1.54. The molecule has 0 radical (unpaired) electrons. The summed E-state index contributed by atoms with van der Waals surface area (Å²) in [6, 6.07) is 17.3. The molecule has 116 valence electrons. The predicted octanol–water partition coefficient (Wildman–Crippen LogP) is 3.97. The van der Waals surface area contributed by atoms with Gasteiger partial charge < -0.3 is 10.1 Å². The number of para-hydroxylation sites is 1. The summed E-state index contributed by atoms with van der Waals surface area (Å²) in [4.78, 5) is 17.5. The molecule has 2 aromatic carbocycles. The van der Waals surface area contributed by atoms with Gasteiger partial charge in [0, 0.05) is 16.5 Å². The van der Waals surface area contributed by atoms with Crippen LogP contribution in [-0.2, 0) is 4.79 Å². The highest BCUT2D eigenvalue weighted by Crippen LogP contribution is 2.23. The molecule has 0 aliphatic carbocycles. The van der Waals surface area contributed by atoms with Gasteiger partial charge in [-0.3, -0.25) is 9.78 Å². The fourth-order valence-corrected chi connectivity index (χ4v) is 2.91. The van der Waals surface area contributed by atoms with Crippen LogP contribution in [0, 0.1) is 0 Å². The number of methoxy groups -OCH3 is 1. The molecule has 0 fully saturated rings. The van der Waals surface area contributed by atoms with Crippen molar-refractivity contribution in [2.75, 3.05) is 18.2 Å². The van der Waals surface area contributed by atoms with Crippen LogP contribution in [0.2, 0.25) is 0 Å². The highest BCUT2D eigenvalue weighted by Gasteiger charge is 2.07. The number of carbonyl (C=O) groups excluding carboxylic acids is 1. The van der Waals surface area contributed by atoms with Crippen LogP contribution in [0.3, 0.4) is 0 Å². The minimum absolute atomic E-state index is 0.0519. The average molecular weight is 324 g/mol. The van der Waals surface area contributed by atoms with Crippen molar-refractivity contribution in [3.63, 3.8) is 0 Å². The Balaban J connectivity index is 1.64. The lowest BCUT2D eigenvalue weighted by atomic mass is 10.2. The molecule has 4 nitrogen and oxygen atoms in total. The van der Waals surface area contributed by atoms with Crippen LogP contribution in [-0.4, -0.2) is 23.8 Å². The number of thioether (sulfide) groups is 1. The van der Waals surface area contributed by atoms with E-state index in [-0.39, 0.29) is 5.91 Å². The van der Waals surface area contributed by atoms with Crippen molar-refractivity contribution in [3.8, 4) is 5.75 Å². The second-order valence-electron chi connectivity index (χ2n) is 4.89. The monoisotopic (exact) mass is 324 g/mol. The zero-order chi connectivity index (χ0) is 16.1. The maximum Gasteiger partial charge on any atom is 0.234 e. The van der Waals surface area contributed by atoms with E-state index in [0.717, 1.165) is 27.2 Å². The van der Waals surface area contributed by atoms with Crippen LogP contribution < -0.4 is 10.1 Å². The molecule has 0 atom stereocenters. The van der Waals surface area contributed by atoms with E-state index in [4.69, 9.17) is 4.74 Å². The van der Waals surface area contributed by atoms with Gasteiger partial charge in [-0.15, -0.1) is 11.8 Å². The van der Waals surface area contributed by atoms with Crippen LogP contribution in [0.5, 0.6) is 5.75 Å². The van der Waals surface area contributed by atoms with E-state index in [1.54, 1.807) is 13.3 Å². The fourth-order valence-electron chi connectivity index (χ4n) is 2.21. The maximum absolute atomic E-state index is 12.2. The first-order chi connectivity index (χ1) is 11.3. The second-order valence-corrected chi connectivity index (χ2v) is 5.94. The molecule has 0 aliphatic rings. The van der Waals surface area contributed by atoms with E-state index in [2.05, 4.69) is 10.3 Å². The van der Waals surface area contributed by atoms with Crippen LogP contribution in [0.15, 0.2) is 65.7 Å². The van der Waals surface area contributed by atoms with Gasteiger partial charge in [0.25, 0.3) is 0 Å². The molecule has 0 spiro atoms. The summed E-state index contributed by atoms with van der Waals surface area (Å²) >= 11 is 1.48. The lowest BCUT2D eigenvalue weighted by Gasteiger charge is -2.08. The molecule has 1 amide bonds. The van der Waals surface area contributed by atoms with Gasteiger partial charge in [0.15, 0.2) is 0 Å². The Bertz CT molecular complexity index is 813. The third-order valence-electron chi connectivity index (χ3n) is 3.34. The normalized spacial score (nSPS) is 10.5. The minimum atomic E-state index is -0.0519. The molecule has 3 aromatic rings. The number of ether oxygens (including phenoxy) is 1. The van der Waals surface area contributed by atoms with E-state index >= 15 is 0 Å². The third-order valence-corrected chi connectivity index (χ3v) is 4.35. The highest BCUT2D eigenvalue weighted by molar-refractivity contribution is 8.00. The van der Waals surface area contributed by atoms with Crippen molar-refractivity contribution in [2.45, 2.75) is 4.90 Å². The van der Waals surface area contributed by atoms with Gasteiger partial charge in [-0.1, -0.05) is 18.2 Å². The molecule has 23 heavy (non-hydrogen) atoms. The van der Waals surface area contributed by atoms with Gasteiger partial charge in [-0.05, 0) is 36.4 Å². The van der Waals surface area contributed by atoms with E-state index < -0.39 is 0 Å². The van der Waals surface area contributed by atoms with Gasteiger partial charge in [-0.2, -0.15) is 0 Å². The number of nitrogens with one attached hydrogen (secondary N) is 1. The van der Waals surface area contributed by atoms with E-state index in [1.165, 1.54) is 11.8 Å². The van der Waals surface area contributed by atoms with Crippen molar-refractivity contribution in [1.29, 1.82) is 0 Å². The number of aromatic nitrogens is 1. The summed E-state index contributed by atoms with van der Waals surface area (Å²) in [6.45, 7) is 0. The Hall–Kier alpha value is -2.53. The summed E-state index contributed by atoms with van der Waals surface area (Å²) in [5, 5.41) is 3.94. The molecule has 0 saturated heterocycles. The summed E-state index contributed by atoms with van der Waals surface area (Å²) in [6.07, 6.45) is 1.73. The quantitative estimate of drug-likeness (QED) is 0.721. The number of hydrogen-bond acceptors (Lipinski definition) is 4. The summed E-state index contributed by atoms with van der Waals surface area (Å²) in [7, 11) is 1.63. The Morgan fingerprint density at radius 2 is 1.91 bits per heavy atom. The first-order valence-electron chi connectivity index (χ1n) is 7.17. The lowest BCUT2D eigenvalue weighted by Crippen LogP contribution is -2.14. The highest BCUT2D eigenvalue weighted by atomic mass is 32.2. The van der Waals surface area contributed by atoms with Crippen LogP contribution >= 0.6 is 11.8 Å². The molecule has 0 unspecified atom stereocenters. The SMILES string of the molecule is COc1ccc(SCC(=O)Nc2cccc3cccnc23)cc1. The average Bonchev–Trinajstić information content (AvgIpc) is 2.61. The molecule has 0 saturated carbocycles. The molecular weight excluding hydrogens is 308 g/mol. The number of rotatable bonds is 5. The first-order valence-corrected chi connectivity index (χ1v) is 8.15. The molecule has 1 heterocycles. The first kappa shape index (κ1) is 15.4. The van der Waals surface area contributed by atoms with Gasteiger partial charge >= 0.3 is 0 Å². The van der Waals surface area contributed by atoms with Gasteiger partial charge in [0.2, 0.25) is 5.91 Å². The van der Waals surface area contributed by atoms with Gasteiger partial charge in [-0.25, -0.2) is 0 Å². The summed E-state index contributed by atoms with van der Waals surface area (Å²) < 4.78 is 5.12. The molecule has 1 aromatic heterocycles. The number of nitrogens with zero attached hydrogens (tertiary/aromatic N) is 1. The Morgan fingerprint density at radius 1 is 1.13 bits per heavy atom. The Labute approximate surface area is 138 Å². The number of pyridine rings is 1. The van der Waals surface area contributed by atoms with E-state index in [0.29, 0.717) is 5.75 Å². The van der Waals surface area contributed by atoms with Crippen LogP contribution in [0.25, 0.3) is 10.9 Å². The van der Waals surface area contributed by atoms with Crippen LogP contribution in [0.1, 0.15) is 0 Å². The smallest absolute Gasteiger partial charge is 0.234 e. The Kier molecular flexibility index (Phi) is 4.78. The molecule has 0 bridgehead atoms. The number of anilines is 1. The van der Waals surface area contributed by atoms with Crippen LogP contribution in [0.4, 0.5) is 5.69 Å². The lowest BCUT2D eigenvalue weighted by molar-refractivity contribution is -0.113. The molecule has 0 aliphatic heterocycles. The minimum Gasteiger partial charge on any atom is -0.497 e. The van der Waals surface area contributed by atoms with Gasteiger partial charge in [0.05, 0.1) is 24.1 Å². The number of benzene rings is 2. The van der Waals surface area contributed by atoms with E-state index in [1.807, 2.05) is 54.6 Å². The molecule has 3 rings (SSSR count). The standard InChI is InChI=1S/C18H16N2O2S/c1-22-14-7-9-15(10-8-14)23-12-17(21)20-16-6-2-4-13-5-3-11-19-18(13)16/h2-11H,12H2,1H3,(H,20,21). The number of fused-ring (bicyclic) bond motifs is 1. The molecule has 5 heteroatoms. The largest absolute Gasteiger partial charge is 0.497 e. The second kappa shape index (κ2) is 7.15. The molecule has 1 N–H and O–H groups in total. The fraction of sp³-hybridized carbons (Fsp3) is 0.111. The zero-order valence-corrected chi connectivity index (χ0v) is 13.5.